The van der Waals surface area contributed by atoms with Gasteiger partial charge in [0, 0.05) is 24.4 Å². The minimum absolute atomic E-state index is 0.173. The first-order chi connectivity index (χ1) is 8.54. The highest BCUT2D eigenvalue weighted by Gasteiger charge is 2.19. The van der Waals surface area contributed by atoms with Crippen molar-refractivity contribution in [3.05, 3.63) is 11.6 Å². The molecule has 1 aliphatic carbocycles. The summed E-state index contributed by atoms with van der Waals surface area (Å²) in [6.07, 6.45) is 7.50. The van der Waals surface area contributed by atoms with E-state index in [4.69, 9.17) is 0 Å². The monoisotopic (exact) mass is 250 g/mol. The van der Waals surface area contributed by atoms with Crippen LogP contribution in [0.4, 0.5) is 0 Å². The van der Waals surface area contributed by atoms with E-state index in [-0.39, 0.29) is 5.54 Å². The summed E-state index contributed by atoms with van der Waals surface area (Å²) in [6.45, 7) is 7.49. The van der Waals surface area contributed by atoms with E-state index >= 15 is 0 Å². The van der Waals surface area contributed by atoms with Crippen LogP contribution in [0.3, 0.4) is 0 Å². The molecule has 0 atom stereocenters. The molecule has 2 N–H and O–H groups in total. The third-order valence-corrected chi connectivity index (χ3v) is 3.54. The number of aromatic nitrogens is 3. The van der Waals surface area contributed by atoms with Crippen LogP contribution in [0, 0.1) is 0 Å². The first-order valence-corrected chi connectivity index (χ1v) is 7.21. The summed E-state index contributed by atoms with van der Waals surface area (Å²) in [5.41, 5.74) is 0.173. The molecule has 0 aromatic carbocycles. The predicted molar refractivity (Wildman–Crippen MR) is 73.7 cm³/mol. The highest BCUT2D eigenvalue weighted by Crippen LogP contribution is 2.30. The van der Waals surface area contributed by atoms with E-state index < -0.39 is 0 Å². The van der Waals surface area contributed by atoms with Gasteiger partial charge in [0.15, 0.2) is 5.82 Å². The lowest BCUT2D eigenvalue weighted by Gasteiger charge is -2.19. The van der Waals surface area contributed by atoms with Crippen LogP contribution in [-0.4, -0.2) is 27.3 Å². The molecule has 0 bridgehead atoms. The van der Waals surface area contributed by atoms with Crippen LogP contribution in [0.5, 0.6) is 0 Å². The summed E-state index contributed by atoms with van der Waals surface area (Å²) in [5.74, 6) is 2.66. The van der Waals surface area contributed by atoms with Crippen molar-refractivity contribution in [1.29, 1.82) is 0 Å². The van der Waals surface area contributed by atoms with Gasteiger partial charge in [0.2, 0.25) is 0 Å². The molecule has 1 aliphatic rings. The van der Waals surface area contributed by atoms with Crippen LogP contribution in [0.2, 0.25) is 0 Å². The first-order valence-electron chi connectivity index (χ1n) is 7.21. The average Bonchev–Trinajstić information content (AvgIpc) is 2.77. The van der Waals surface area contributed by atoms with Gasteiger partial charge in [-0.3, -0.25) is 5.10 Å². The Morgan fingerprint density at radius 3 is 2.61 bits per heavy atom. The number of rotatable bonds is 4. The molecular weight excluding hydrogens is 224 g/mol. The van der Waals surface area contributed by atoms with E-state index in [2.05, 4.69) is 41.3 Å². The molecule has 0 aliphatic heterocycles. The van der Waals surface area contributed by atoms with Gasteiger partial charge in [-0.2, -0.15) is 5.10 Å². The van der Waals surface area contributed by atoms with Crippen LogP contribution in [0.1, 0.15) is 70.4 Å². The molecule has 4 nitrogen and oxygen atoms in total. The van der Waals surface area contributed by atoms with Gasteiger partial charge in [0.05, 0.1) is 0 Å². The molecule has 1 fully saturated rings. The molecular formula is C14H26N4. The highest BCUT2D eigenvalue weighted by molar-refractivity contribution is 4.99. The highest BCUT2D eigenvalue weighted by atomic mass is 15.2. The largest absolute Gasteiger partial charge is 0.312 e. The predicted octanol–water partition coefficient (Wildman–Crippen LogP) is 2.78. The van der Waals surface area contributed by atoms with E-state index in [0.29, 0.717) is 5.92 Å². The quantitative estimate of drug-likeness (QED) is 0.864. The Morgan fingerprint density at radius 1 is 1.22 bits per heavy atom. The maximum Gasteiger partial charge on any atom is 0.153 e. The van der Waals surface area contributed by atoms with Crippen molar-refractivity contribution in [3.63, 3.8) is 0 Å². The lowest BCUT2D eigenvalue weighted by atomic mass is 9.89. The molecule has 18 heavy (non-hydrogen) atoms. The summed E-state index contributed by atoms with van der Waals surface area (Å²) in [7, 11) is 0. The lowest BCUT2D eigenvalue weighted by molar-refractivity contribution is 0.425. The first kappa shape index (κ1) is 13.5. The number of nitrogens with one attached hydrogen (secondary N) is 2. The van der Waals surface area contributed by atoms with E-state index in [1.807, 2.05) is 0 Å². The molecule has 1 aromatic heterocycles. The van der Waals surface area contributed by atoms with Gasteiger partial charge in [0.25, 0.3) is 0 Å². The molecule has 102 valence electrons. The Balaban J connectivity index is 1.82. The maximum absolute atomic E-state index is 4.65. The topological polar surface area (TPSA) is 53.6 Å². The Labute approximate surface area is 110 Å². The van der Waals surface area contributed by atoms with Crippen LogP contribution >= 0.6 is 0 Å². The van der Waals surface area contributed by atoms with Gasteiger partial charge in [-0.15, -0.1) is 0 Å². The van der Waals surface area contributed by atoms with Crippen LogP contribution < -0.4 is 5.32 Å². The molecule has 0 radical (unpaired) electrons. The number of hydrogen-bond acceptors (Lipinski definition) is 3. The fourth-order valence-corrected chi connectivity index (χ4v) is 2.52. The van der Waals surface area contributed by atoms with E-state index in [0.717, 1.165) is 24.6 Å². The molecule has 2 rings (SSSR count). The van der Waals surface area contributed by atoms with Crippen molar-refractivity contribution in [2.24, 2.45) is 0 Å². The molecule has 1 aromatic rings. The Morgan fingerprint density at radius 2 is 1.94 bits per heavy atom. The molecule has 0 amide bonds. The molecule has 0 spiro atoms. The fourth-order valence-electron chi connectivity index (χ4n) is 2.52. The fraction of sp³-hybridized carbons (Fsp3) is 0.857. The Kier molecular flexibility index (Phi) is 4.38. The average molecular weight is 250 g/mol. The van der Waals surface area contributed by atoms with Crippen LogP contribution in [0.15, 0.2) is 0 Å². The SMILES string of the molecule is CC(C)(C)NCCc1nc(C2CCCCC2)n[nH]1. The Hall–Kier alpha value is -0.900. The van der Waals surface area contributed by atoms with Crippen molar-refractivity contribution in [3.8, 4) is 0 Å². The van der Waals surface area contributed by atoms with Crippen molar-refractivity contribution in [2.45, 2.75) is 70.8 Å². The van der Waals surface area contributed by atoms with Crippen molar-refractivity contribution in [2.75, 3.05) is 6.54 Å². The van der Waals surface area contributed by atoms with Crippen molar-refractivity contribution >= 4 is 0 Å². The molecule has 1 saturated carbocycles. The zero-order chi connectivity index (χ0) is 13.0. The second-order valence-electron chi connectivity index (χ2n) is 6.40. The normalized spacial score (nSPS) is 18.2. The zero-order valence-corrected chi connectivity index (χ0v) is 11.9. The van der Waals surface area contributed by atoms with Gasteiger partial charge >= 0.3 is 0 Å². The van der Waals surface area contributed by atoms with Gasteiger partial charge < -0.3 is 5.32 Å². The van der Waals surface area contributed by atoms with Crippen LogP contribution in [0.25, 0.3) is 0 Å². The second kappa shape index (κ2) is 5.83. The van der Waals surface area contributed by atoms with Crippen molar-refractivity contribution in [1.82, 2.24) is 20.5 Å². The third-order valence-electron chi connectivity index (χ3n) is 3.54. The van der Waals surface area contributed by atoms with Gasteiger partial charge in [0.1, 0.15) is 5.82 Å². The number of aromatic amines is 1. The molecule has 4 heteroatoms. The van der Waals surface area contributed by atoms with Gasteiger partial charge in [-0.1, -0.05) is 19.3 Å². The minimum atomic E-state index is 0.173. The summed E-state index contributed by atoms with van der Waals surface area (Å²) in [6, 6.07) is 0. The van der Waals surface area contributed by atoms with Crippen molar-refractivity contribution < 1.29 is 0 Å². The summed E-state index contributed by atoms with van der Waals surface area (Å²) in [5, 5.41) is 11.0. The standard InChI is InChI=1S/C14H26N4/c1-14(2,3)15-10-9-12-16-13(18-17-12)11-7-5-4-6-8-11/h11,15H,4-10H2,1-3H3,(H,16,17,18). The Bertz CT molecular complexity index is 358. The van der Waals surface area contributed by atoms with E-state index in [1.54, 1.807) is 0 Å². The number of nitrogens with zero attached hydrogens (tertiary/aromatic N) is 2. The smallest absolute Gasteiger partial charge is 0.153 e. The minimum Gasteiger partial charge on any atom is -0.312 e. The molecule has 0 saturated heterocycles. The summed E-state index contributed by atoms with van der Waals surface area (Å²) >= 11 is 0. The van der Waals surface area contributed by atoms with Gasteiger partial charge in [-0.25, -0.2) is 4.98 Å². The summed E-state index contributed by atoms with van der Waals surface area (Å²) < 4.78 is 0. The second-order valence-corrected chi connectivity index (χ2v) is 6.40. The number of hydrogen-bond donors (Lipinski definition) is 2. The number of H-pyrrole nitrogens is 1. The lowest BCUT2D eigenvalue weighted by Crippen LogP contribution is -2.37. The van der Waals surface area contributed by atoms with E-state index in [1.165, 1.54) is 32.1 Å². The molecule has 0 unspecified atom stereocenters. The van der Waals surface area contributed by atoms with Gasteiger partial charge in [-0.05, 0) is 33.6 Å². The third kappa shape index (κ3) is 4.09. The molecule has 1 heterocycles. The zero-order valence-electron chi connectivity index (χ0n) is 11.9. The van der Waals surface area contributed by atoms with E-state index in [9.17, 15) is 0 Å². The van der Waals surface area contributed by atoms with Crippen LogP contribution in [-0.2, 0) is 6.42 Å². The summed E-state index contributed by atoms with van der Waals surface area (Å²) in [4.78, 5) is 4.65. The maximum atomic E-state index is 4.65.